The van der Waals surface area contributed by atoms with Crippen LogP contribution < -0.4 is 5.32 Å². The first-order chi connectivity index (χ1) is 8.72. The Morgan fingerprint density at radius 3 is 3.00 bits per heavy atom. The summed E-state index contributed by atoms with van der Waals surface area (Å²) in [7, 11) is 0. The van der Waals surface area contributed by atoms with Gasteiger partial charge in [-0.15, -0.1) is 0 Å². The molecular weight excluding hydrogens is 232 g/mol. The molecule has 1 saturated heterocycles. The summed E-state index contributed by atoms with van der Waals surface area (Å²) in [6.45, 7) is 2.12. The van der Waals surface area contributed by atoms with Crippen LogP contribution in [0.3, 0.4) is 0 Å². The van der Waals surface area contributed by atoms with Crippen molar-refractivity contribution >= 4 is 11.9 Å². The Morgan fingerprint density at radius 1 is 1.44 bits per heavy atom. The molecule has 0 spiro atoms. The van der Waals surface area contributed by atoms with Crippen molar-refractivity contribution in [1.82, 2.24) is 14.9 Å². The molecule has 6 nitrogen and oxygen atoms in total. The fourth-order valence-corrected chi connectivity index (χ4v) is 2.41. The number of nitrogens with one attached hydrogen (secondary N) is 1. The lowest BCUT2D eigenvalue weighted by Crippen LogP contribution is -2.28. The third-order valence-electron chi connectivity index (χ3n) is 3.49. The highest BCUT2D eigenvalue weighted by molar-refractivity contribution is 5.85. The van der Waals surface area contributed by atoms with Gasteiger partial charge in [0.15, 0.2) is 5.69 Å². The third-order valence-corrected chi connectivity index (χ3v) is 3.49. The Hall–Kier alpha value is -1.69. The van der Waals surface area contributed by atoms with Crippen LogP contribution in [0.1, 0.15) is 29.8 Å². The molecule has 0 radical (unpaired) electrons. The highest BCUT2D eigenvalue weighted by atomic mass is 16.4. The van der Waals surface area contributed by atoms with Gasteiger partial charge < -0.3 is 10.4 Å². The molecule has 2 heterocycles. The molecule has 0 amide bonds. The van der Waals surface area contributed by atoms with Crippen molar-refractivity contribution in [2.75, 3.05) is 18.4 Å². The van der Waals surface area contributed by atoms with E-state index in [0.717, 1.165) is 25.6 Å². The largest absolute Gasteiger partial charge is 0.477 e. The lowest BCUT2D eigenvalue weighted by Gasteiger charge is -2.15. The second-order valence-corrected chi connectivity index (χ2v) is 4.93. The number of rotatable bonds is 4. The first-order valence-electron chi connectivity index (χ1n) is 6.29. The Bertz CT molecular complexity index is 461. The lowest BCUT2D eigenvalue weighted by atomic mass is 10.3. The average Bonchev–Trinajstić information content (AvgIpc) is 3.11. The molecule has 2 aliphatic rings. The quantitative estimate of drug-likeness (QED) is 0.821. The van der Waals surface area contributed by atoms with Crippen LogP contribution in [0.25, 0.3) is 0 Å². The van der Waals surface area contributed by atoms with Gasteiger partial charge in [0.05, 0.1) is 0 Å². The molecule has 2 N–H and O–H groups in total. The number of nitrogens with zero attached hydrogens (tertiary/aromatic N) is 3. The van der Waals surface area contributed by atoms with Crippen molar-refractivity contribution in [2.24, 2.45) is 0 Å². The maximum Gasteiger partial charge on any atom is 0.354 e. The minimum Gasteiger partial charge on any atom is -0.477 e. The number of carbonyl (C=O) groups is 1. The van der Waals surface area contributed by atoms with Gasteiger partial charge in [-0.2, -0.15) is 0 Å². The first kappa shape index (κ1) is 11.4. The van der Waals surface area contributed by atoms with Crippen LogP contribution in [0.2, 0.25) is 0 Å². The molecule has 0 bridgehead atoms. The summed E-state index contributed by atoms with van der Waals surface area (Å²) >= 11 is 0. The van der Waals surface area contributed by atoms with Crippen LogP contribution in [-0.2, 0) is 0 Å². The second kappa shape index (κ2) is 4.53. The van der Waals surface area contributed by atoms with Crippen LogP contribution in [0, 0.1) is 0 Å². The maximum absolute atomic E-state index is 10.8. The van der Waals surface area contributed by atoms with E-state index in [-0.39, 0.29) is 5.69 Å². The fourth-order valence-electron chi connectivity index (χ4n) is 2.41. The van der Waals surface area contributed by atoms with Crippen molar-refractivity contribution in [2.45, 2.75) is 31.3 Å². The van der Waals surface area contributed by atoms with Gasteiger partial charge in [-0.1, -0.05) is 0 Å². The predicted octanol–water partition coefficient (Wildman–Crippen LogP) is 0.823. The SMILES string of the molecule is O=C(O)c1ccnc(NC2CCN(C3CC3)C2)n1. The Morgan fingerprint density at radius 2 is 2.28 bits per heavy atom. The minimum absolute atomic E-state index is 0.0320. The molecule has 2 fully saturated rings. The standard InChI is InChI=1S/C12H16N4O2/c17-11(18)10-3-5-13-12(15-10)14-8-4-6-16(7-8)9-1-2-9/h3,5,8-9H,1-2,4,6-7H2,(H,17,18)(H,13,14,15). The summed E-state index contributed by atoms with van der Waals surface area (Å²) in [6.07, 6.45) is 5.18. The molecule has 1 saturated carbocycles. The zero-order valence-electron chi connectivity index (χ0n) is 10.0. The van der Waals surface area contributed by atoms with Gasteiger partial charge >= 0.3 is 5.97 Å². The summed E-state index contributed by atoms with van der Waals surface area (Å²) in [5.74, 6) is -0.607. The number of anilines is 1. The minimum atomic E-state index is -1.02. The van der Waals surface area contributed by atoms with Gasteiger partial charge in [0, 0.05) is 31.4 Å². The van der Waals surface area contributed by atoms with Crippen LogP contribution in [0.4, 0.5) is 5.95 Å². The van der Waals surface area contributed by atoms with Gasteiger partial charge in [0.2, 0.25) is 5.95 Å². The number of carboxylic acids is 1. The zero-order chi connectivity index (χ0) is 12.5. The topological polar surface area (TPSA) is 78.3 Å². The summed E-state index contributed by atoms with van der Waals surface area (Å²) in [5.41, 5.74) is 0.0320. The molecule has 18 heavy (non-hydrogen) atoms. The van der Waals surface area contributed by atoms with Crippen LogP contribution >= 0.6 is 0 Å². The van der Waals surface area contributed by atoms with Crippen molar-refractivity contribution < 1.29 is 9.90 Å². The molecule has 1 aromatic rings. The second-order valence-electron chi connectivity index (χ2n) is 4.93. The molecular formula is C12H16N4O2. The average molecular weight is 248 g/mol. The van der Waals surface area contributed by atoms with E-state index in [0.29, 0.717) is 12.0 Å². The molecule has 1 atom stereocenters. The van der Waals surface area contributed by atoms with Gasteiger partial charge in [0.1, 0.15) is 0 Å². The van der Waals surface area contributed by atoms with Crippen molar-refractivity contribution in [3.05, 3.63) is 18.0 Å². The molecule has 1 unspecified atom stereocenters. The Balaban J connectivity index is 1.62. The monoisotopic (exact) mass is 248 g/mol. The Labute approximate surface area is 105 Å². The molecule has 3 rings (SSSR count). The van der Waals surface area contributed by atoms with Gasteiger partial charge in [-0.25, -0.2) is 14.8 Å². The smallest absolute Gasteiger partial charge is 0.354 e. The van der Waals surface area contributed by atoms with Crippen LogP contribution in [0.5, 0.6) is 0 Å². The van der Waals surface area contributed by atoms with E-state index >= 15 is 0 Å². The van der Waals surface area contributed by atoms with E-state index in [1.165, 1.54) is 25.1 Å². The molecule has 96 valence electrons. The molecule has 6 heteroatoms. The number of hydrogen-bond acceptors (Lipinski definition) is 5. The molecule has 1 aliphatic carbocycles. The zero-order valence-corrected chi connectivity index (χ0v) is 10.0. The highest BCUT2D eigenvalue weighted by Crippen LogP contribution is 2.30. The van der Waals surface area contributed by atoms with E-state index in [1.54, 1.807) is 0 Å². The summed E-state index contributed by atoms with van der Waals surface area (Å²) in [4.78, 5) is 21.3. The van der Waals surface area contributed by atoms with Crippen molar-refractivity contribution in [3.8, 4) is 0 Å². The molecule has 1 aromatic heterocycles. The van der Waals surface area contributed by atoms with E-state index in [9.17, 15) is 4.79 Å². The fraction of sp³-hybridized carbons (Fsp3) is 0.583. The van der Waals surface area contributed by atoms with Gasteiger partial charge in [-0.3, -0.25) is 4.90 Å². The maximum atomic E-state index is 10.8. The number of aromatic nitrogens is 2. The normalized spacial score (nSPS) is 24.1. The van der Waals surface area contributed by atoms with Gasteiger partial charge in [-0.05, 0) is 25.3 Å². The van der Waals surface area contributed by atoms with Crippen molar-refractivity contribution in [1.29, 1.82) is 0 Å². The van der Waals surface area contributed by atoms with Crippen molar-refractivity contribution in [3.63, 3.8) is 0 Å². The Kier molecular flexibility index (Phi) is 2.87. The third kappa shape index (κ3) is 2.43. The summed E-state index contributed by atoms with van der Waals surface area (Å²) < 4.78 is 0. The van der Waals surface area contributed by atoms with E-state index in [1.807, 2.05) is 0 Å². The lowest BCUT2D eigenvalue weighted by molar-refractivity contribution is 0.0690. The van der Waals surface area contributed by atoms with E-state index < -0.39 is 5.97 Å². The number of likely N-dealkylation sites (tertiary alicyclic amines) is 1. The number of aromatic carboxylic acids is 1. The number of hydrogen-bond donors (Lipinski definition) is 2. The van der Waals surface area contributed by atoms with E-state index in [4.69, 9.17) is 5.11 Å². The van der Waals surface area contributed by atoms with Crippen LogP contribution in [0.15, 0.2) is 12.3 Å². The van der Waals surface area contributed by atoms with E-state index in [2.05, 4.69) is 20.2 Å². The van der Waals surface area contributed by atoms with Crippen LogP contribution in [-0.4, -0.2) is 51.1 Å². The van der Waals surface area contributed by atoms with Gasteiger partial charge in [0.25, 0.3) is 0 Å². The molecule has 0 aromatic carbocycles. The highest BCUT2D eigenvalue weighted by Gasteiger charge is 2.34. The first-order valence-corrected chi connectivity index (χ1v) is 6.29. The molecule has 1 aliphatic heterocycles. The number of carboxylic acid groups (broad SMARTS) is 1. The predicted molar refractivity (Wildman–Crippen MR) is 65.6 cm³/mol. The summed E-state index contributed by atoms with van der Waals surface area (Å²) in [5, 5.41) is 12.1. The summed E-state index contributed by atoms with van der Waals surface area (Å²) in [6, 6.07) is 2.51.